The third kappa shape index (κ3) is 2.24. The number of aromatic nitrogens is 2. The Morgan fingerprint density at radius 1 is 1.44 bits per heavy atom. The van der Waals surface area contributed by atoms with Crippen molar-refractivity contribution in [3.63, 3.8) is 0 Å². The highest BCUT2D eigenvalue weighted by Crippen LogP contribution is 2.27. The first-order valence-electron chi connectivity index (χ1n) is 5.60. The summed E-state index contributed by atoms with van der Waals surface area (Å²) < 4.78 is 0. The summed E-state index contributed by atoms with van der Waals surface area (Å²) in [5, 5.41) is 3.67. The zero-order chi connectivity index (χ0) is 11.5. The lowest BCUT2D eigenvalue weighted by molar-refractivity contribution is 0.619. The second-order valence-corrected chi connectivity index (χ2v) is 5.51. The van der Waals surface area contributed by atoms with E-state index in [0.717, 1.165) is 23.9 Å². The molecule has 5 heteroatoms. The molecule has 0 saturated carbocycles. The minimum absolute atomic E-state index is 0.514. The Hall–Kier alpha value is -0.970. The number of anilines is 2. The van der Waals surface area contributed by atoms with E-state index in [1.807, 2.05) is 25.0 Å². The van der Waals surface area contributed by atoms with Gasteiger partial charge in [0.15, 0.2) is 0 Å². The van der Waals surface area contributed by atoms with Gasteiger partial charge < -0.3 is 10.2 Å². The molecule has 0 amide bonds. The van der Waals surface area contributed by atoms with Crippen molar-refractivity contribution in [2.75, 3.05) is 29.6 Å². The lowest BCUT2D eigenvalue weighted by Crippen LogP contribution is -2.45. The molecule has 1 aliphatic heterocycles. The molecule has 1 fully saturated rings. The Bertz CT molecular complexity index is 358. The van der Waals surface area contributed by atoms with Crippen molar-refractivity contribution in [3.8, 4) is 0 Å². The average molecular weight is 238 g/mol. The average Bonchev–Trinajstić information content (AvgIpc) is 2.33. The van der Waals surface area contributed by atoms with Gasteiger partial charge in [0.2, 0.25) is 0 Å². The quantitative estimate of drug-likeness (QED) is 0.851. The van der Waals surface area contributed by atoms with Crippen molar-refractivity contribution in [1.82, 2.24) is 9.97 Å². The van der Waals surface area contributed by atoms with Crippen LogP contribution >= 0.6 is 11.8 Å². The molecule has 0 bridgehead atoms. The highest BCUT2D eigenvalue weighted by molar-refractivity contribution is 8.00. The topological polar surface area (TPSA) is 41.1 Å². The lowest BCUT2D eigenvalue weighted by atomic mass is 10.2. The summed E-state index contributed by atoms with van der Waals surface area (Å²) in [4.78, 5) is 11.1. The molecule has 16 heavy (non-hydrogen) atoms. The van der Waals surface area contributed by atoms with E-state index >= 15 is 0 Å². The van der Waals surface area contributed by atoms with Crippen LogP contribution < -0.4 is 10.2 Å². The summed E-state index contributed by atoms with van der Waals surface area (Å²) in [5.74, 6) is 2.97. The molecule has 2 atom stereocenters. The summed E-state index contributed by atoms with van der Waals surface area (Å²) in [7, 11) is 1.87. The van der Waals surface area contributed by atoms with Crippen LogP contribution in [0.25, 0.3) is 0 Å². The predicted molar refractivity (Wildman–Crippen MR) is 70.3 cm³/mol. The van der Waals surface area contributed by atoms with Gasteiger partial charge in [-0.2, -0.15) is 11.8 Å². The number of rotatable bonds is 2. The molecule has 1 saturated heterocycles. The maximum Gasteiger partial charge on any atom is 0.149 e. The number of hydrogen-bond acceptors (Lipinski definition) is 5. The molecule has 1 aromatic heterocycles. The van der Waals surface area contributed by atoms with Gasteiger partial charge in [0.25, 0.3) is 0 Å². The van der Waals surface area contributed by atoms with Crippen LogP contribution in [0, 0.1) is 0 Å². The number of hydrogen-bond donors (Lipinski definition) is 1. The molecular formula is C11H18N4S. The van der Waals surface area contributed by atoms with Crippen LogP contribution in [-0.4, -0.2) is 40.6 Å². The molecule has 2 heterocycles. The van der Waals surface area contributed by atoms with Crippen molar-refractivity contribution in [2.45, 2.75) is 25.1 Å². The van der Waals surface area contributed by atoms with Crippen LogP contribution in [0.5, 0.6) is 0 Å². The molecule has 1 N–H and O–H groups in total. The molecule has 0 radical (unpaired) electrons. The molecular weight excluding hydrogens is 220 g/mol. The second kappa shape index (κ2) is 4.91. The number of nitrogens with one attached hydrogen (secondary N) is 1. The molecule has 0 aromatic carbocycles. The van der Waals surface area contributed by atoms with E-state index in [4.69, 9.17) is 0 Å². The normalized spacial score (nSPS) is 25.6. The van der Waals surface area contributed by atoms with Crippen LogP contribution in [0.2, 0.25) is 0 Å². The molecule has 88 valence electrons. The van der Waals surface area contributed by atoms with E-state index < -0.39 is 0 Å². The molecule has 2 unspecified atom stereocenters. The highest BCUT2D eigenvalue weighted by Gasteiger charge is 2.26. The lowest BCUT2D eigenvalue weighted by Gasteiger charge is -2.38. The maximum absolute atomic E-state index is 4.54. The van der Waals surface area contributed by atoms with E-state index in [0.29, 0.717) is 11.3 Å². The molecule has 1 aliphatic rings. The zero-order valence-electron chi connectivity index (χ0n) is 9.97. The number of nitrogens with zero attached hydrogens (tertiary/aromatic N) is 3. The Balaban J connectivity index is 2.21. The Morgan fingerprint density at radius 2 is 2.25 bits per heavy atom. The predicted octanol–water partition coefficient (Wildman–Crippen LogP) is 1.85. The molecule has 0 spiro atoms. The van der Waals surface area contributed by atoms with Gasteiger partial charge in [-0.1, -0.05) is 6.92 Å². The summed E-state index contributed by atoms with van der Waals surface area (Å²) in [6.45, 7) is 5.58. The molecule has 2 rings (SSSR count). The summed E-state index contributed by atoms with van der Waals surface area (Å²) in [6, 6.07) is 0.514. The van der Waals surface area contributed by atoms with E-state index in [1.165, 1.54) is 0 Å². The molecule has 4 nitrogen and oxygen atoms in total. The van der Waals surface area contributed by atoms with Crippen LogP contribution in [0.4, 0.5) is 11.6 Å². The smallest absolute Gasteiger partial charge is 0.149 e. The van der Waals surface area contributed by atoms with Crippen molar-refractivity contribution in [2.24, 2.45) is 0 Å². The zero-order valence-corrected chi connectivity index (χ0v) is 10.8. The standard InChI is InChI=1S/C11H18N4S/c1-8-9(2)16-5-4-15(8)11-7-13-6-10(12-3)14-11/h6-9H,4-5H2,1-3H3,(H,12,14). The monoisotopic (exact) mass is 238 g/mol. The molecule has 1 aromatic rings. The van der Waals surface area contributed by atoms with Crippen LogP contribution in [0.1, 0.15) is 13.8 Å². The Labute approximate surface area is 101 Å². The Kier molecular flexibility index (Phi) is 3.53. The van der Waals surface area contributed by atoms with Gasteiger partial charge in [-0.25, -0.2) is 4.98 Å². The van der Waals surface area contributed by atoms with Crippen molar-refractivity contribution >= 4 is 23.4 Å². The van der Waals surface area contributed by atoms with E-state index in [9.17, 15) is 0 Å². The van der Waals surface area contributed by atoms with Crippen molar-refractivity contribution < 1.29 is 0 Å². The highest BCUT2D eigenvalue weighted by atomic mass is 32.2. The first-order chi connectivity index (χ1) is 7.72. The summed E-state index contributed by atoms with van der Waals surface area (Å²) in [5.41, 5.74) is 0. The minimum Gasteiger partial charge on any atom is -0.372 e. The van der Waals surface area contributed by atoms with Gasteiger partial charge in [0.1, 0.15) is 11.6 Å². The fourth-order valence-electron chi connectivity index (χ4n) is 1.87. The van der Waals surface area contributed by atoms with Crippen LogP contribution in [0.15, 0.2) is 12.4 Å². The fraction of sp³-hybridized carbons (Fsp3) is 0.636. The van der Waals surface area contributed by atoms with E-state index in [2.05, 4.69) is 34.0 Å². The Morgan fingerprint density at radius 3 is 3.00 bits per heavy atom. The van der Waals surface area contributed by atoms with E-state index in [1.54, 1.807) is 6.20 Å². The first-order valence-corrected chi connectivity index (χ1v) is 6.65. The van der Waals surface area contributed by atoms with Crippen molar-refractivity contribution in [1.29, 1.82) is 0 Å². The van der Waals surface area contributed by atoms with Gasteiger partial charge in [0, 0.05) is 30.6 Å². The fourth-order valence-corrected chi connectivity index (χ4v) is 2.97. The second-order valence-electron chi connectivity index (χ2n) is 4.02. The van der Waals surface area contributed by atoms with Gasteiger partial charge in [-0.05, 0) is 6.92 Å². The third-order valence-electron chi connectivity index (χ3n) is 3.06. The SMILES string of the molecule is CNc1cncc(N2CCSC(C)C2C)n1. The van der Waals surface area contributed by atoms with Crippen LogP contribution in [-0.2, 0) is 0 Å². The van der Waals surface area contributed by atoms with Gasteiger partial charge >= 0.3 is 0 Å². The summed E-state index contributed by atoms with van der Waals surface area (Å²) >= 11 is 2.03. The van der Waals surface area contributed by atoms with Crippen molar-refractivity contribution in [3.05, 3.63) is 12.4 Å². The first kappa shape index (κ1) is 11.5. The molecule has 0 aliphatic carbocycles. The van der Waals surface area contributed by atoms with Gasteiger partial charge in [-0.3, -0.25) is 4.98 Å². The van der Waals surface area contributed by atoms with E-state index in [-0.39, 0.29) is 0 Å². The minimum atomic E-state index is 0.514. The maximum atomic E-state index is 4.54. The van der Waals surface area contributed by atoms with Gasteiger partial charge in [0.05, 0.1) is 12.4 Å². The largest absolute Gasteiger partial charge is 0.372 e. The van der Waals surface area contributed by atoms with Crippen LogP contribution in [0.3, 0.4) is 0 Å². The number of thioether (sulfide) groups is 1. The summed E-state index contributed by atoms with van der Waals surface area (Å²) in [6.07, 6.45) is 3.59. The third-order valence-corrected chi connectivity index (χ3v) is 4.39. The van der Waals surface area contributed by atoms with Gasteiger partial charge in [-0.15, -0.1) is 0 Å².